The first-order chi connectivity index (χ1) is 18.4. The molecule has 4 aliphatic heterocycles. The van der Waals surface area contributed by atoms with E-state index in [4.69, 9.17) is 11.6 Å². The first kappa shape index (κ1) is 25.5. The molecule has 0 bridgehead atoms. The van der Waals surface area contributed by atoms with Crippen LogP contribution in [0.25, 0.3) is 0 Å². The van der Waals surface area contributed by atoms with Gasteiger partial charge in [-0.15, -0.1) is 0 Å². The average Bonchev–Trinajstić information content (AvgIpc) is 3.24. The summed E-state index contributed by atoms with van der Waals surface area (Å²) in [5, 5.41) is 13.1. The minimum atomic E-state index is 0.156. The lowest BCUT2D eigenvalue weighted by atomic mass is 9.76. The predicted octanol–water partition coefficient (Wildman–Crippen LogP) is 3.83. The number of halogens is 1. The molecule has 200 valence electrons. The van der Waals surface area contributed by atoms with Gasteiger partial charge in [-0.3, -0.25) is 9.69 Å². The standard InChI is InChI=1S/C30H37ClN6O/c1-22-17-30(21-37(22)26-7-4-24(18-32)28(31)16-26)8-12-34(13-9-30)25-5-2-23(3-6-25)29(38)36-19-27(20-36)35-14-10-33-11-15-35/h2-7,16,22,27,33H,8-15,17,19-21H2,1H3. The Morgan fingerprint density at radius 2 is 1.71 bits per heavy atom. The van der Waals surface area contributed by atoms with Crippen LogP contribution in [0.4, 0.5) is 11.4 Å². The Morgan fingerprint density at radius 3 is 2.37 bits per heavy atom. The molecule has 0 radical (unpaired) electrons. The maximum Gasteiger partial charge on any atom is 0.253 e. The summed E-state index contributed by atoms with van der Waals surface area (Å²) in [5.41, 5.74) is 3.96. The van der Waals surface area contributed by atoms with Gasteiger partial charge in [0.25, 0.3) is 5.91 Å². The van der Waals surface area contributed by atoms with Gasteiger partial charge in [-0.2, -0.15) is 5.26 Å². The first-order valence-corrected chi connectivity index (χ1v) is 14.4. The lowest BCUT2D eigenvalue weighted by Gasteiger charge is -2.46. The number of carbonyl (C=O) groups is 1. The van der Waals surface area contributed by atoms with Crippen LogP contribution in [0.2, 0.25) is 5.02 Å². The molecule has 6 rings (SSSR count). The molecule has 0 aliphatic carbocycles. The lowest BCUT2D eigenvalue weighted by molar-refractivity contribution is 0.0227. The number of nitrogens with zero attached hydrogens (tertiary/aromatic N) is 5. The van der Waals surface area contributed by atoms with Crippen molar-refractivity contribution in [1.82, 2.24) is 15.1 Å². The number of hydrogen-bond acceptors (Lipinski definition) is 6. The third-order valence-electron chi connectivity index (χ3n) is 9.29. The topological polar surface area (TPSA) is 65.9 Å². The van der Waals surface area contributed by atoms with Crippen LogP contribution in [0.3, 0.4) is 0 Å². The zero-order chi connectivity index (χ0) is 26.3. The highest BCUT2D eigenvalue weighted by atomic mass is 35.5. The molecule has 1 amide bonds. The van der Waals surface area contributed by atoms with Crippen LogP contribution < -0.4 is 15.1 Å². The summed E-state index contributed by atoms with van der Waals surface area (Å²) in [7, 11) is 0. The fourth-order valence-electron chi connectivity index (χ4n) is 6.94. The third-order valence-corrected chi connectivity index (χ3v) is 9.60. The van der Waals surface area contributed by atoms with Crippen molar-refractivity contribution in [3.05, 3.63) is 58.6 Å². The SMILES string of the molecule is CC1CC2(CCN(c3ccc(C(=O)N4CC(N5CCNCC5)C4)cc3)CC2)CN1c1ccc(C#N)c(Cl)c1. The van der Waals surface area contributed by atoms with Crippen LogP contribution in [0, 0.1) is 16.7 Å². The van der Waals surface area contributed by atoms with E-state index in [1.807, 2.05) is 35.2 Å². The Morgan fingerprint density at radius 1 is 1.03 bits per heavy atom. The molecule has 2 aromatic carbocycles. The van der Waals surface area contributed by atoms with Gasteiger partial charge in [0.2, 0.25) is 0 Å². The van der Waals surface area contributed by atoms with E-state index in [1.54, 1.807) is 0 Å². The molecule has 38 heavy (non-hydrogen) atoms. The normalized spacial score (nSPS) is 23.9. The number of nitriles is 1. The van der Waals surface area contributed by atoms with E-state index in [2.05, 4.69) is 45.1 Å². The lowest BCUT2D eigenvalue weighted by Crippen LogP contribution is -2.63. The van der Waals surface area contributed by atoms with Crippen molar-refractivity contribution in [1.29, 1.82) is 5.26 Å². The molecular formula is C30H37ClN6O. The van der Waals surface area contributed by atoms with Crippen LogP contribution in [0.5, 0.6) is 0 Å². The van der Waals surface area contributed by atoms with Crippen LogP contribution in [0.15, 0.2) is 42.5 Å². The van der Waals surface area contributed by atoms with Gasteiger partial charge in [-0.05, 0) is 74.1 Å². The monoisotopic (exact) mass is 532 g/mol. The van der Waals surface area contributed by atoms with Crippen LogP contribution in [0.1, 0.15) is 42.1 Å². The summed E-state index contributed by atoms with van der Waals surface area (Å²) in [5.74, 6) is 0.156. The van der Waals surface area contributed by atoms with Gasteiger partial charge in [-0.1, -0.05) is 11.6 Å². The van der Waals surface area contributed by atoms with Crippen molar-refractivity contribution in [2.45, 2.75) is 38.3 Å². The van der Waals surface area contributed by atoms with E-state index in [0.29, 0.717) is 28.1 Å². The average molecular weight is 533 g/mol. The molecule has 4 aliphatic rings. The van der Waals surface area contributed by atoms with Gasteiger partial charge in [0, 0.05) is 87.9 Å². The second-order valence-corrected chi connectivity index (χ2v) is 12.0. The summed E-state index contributed by atoms with van der Waals surface area (Å²) < 4.78 is 0. The number of rotatable bonds is 4. The van der Waals surface area contributed by atoms with Crippen molar-refractivity contribution >= 4 is 28.9 Å². The van der Waals surface area contributed by atoms with Crippen LogP contribution >= 0.6 is 11.6 Å². The Bertz CT molecular complexity index is 1210. The number of likely N-dealkylation sites (tertiary alicyclic amines) is 1. The molecule has 4 fully saturated rings. The number of hydrogen-bond donors (Lipinski definition) is 1. The number of piperazine rings is 1. The van der Waals surface area contributed by atoms with Gasteiger partial charge < -0.3 is 20.0 Å². The molecule has 4 heterocycles. The maximum atomic E-state index is 13.0. The summed E-state index contributed by atoms with van der Waals surface area (Å²) in [6.45, 7) is 11.3. The third kappa shape index (κ3) is 4.86. The largest absolute Gasteiger partial charge is 0.371 e. The molecule has 0 aromatic heterocycles. The van der Waals surface area contributed by atoms with Crippen molar-refractivity contribution in [2.24, 2.45) is 5.41 Å². The molecule has 1 spiro atoms. The molecule has 8 heteroatoms. The Kier molecular flexibility index (Phi) is 6.98. The van der Waals surface area contributed by atoms with E-state index in [1.165, 1.54) is 12.1 Å². The van der Waals surface area contributed by atoms with Gasteiger partial charge in [0.15, 0.2) is 0 Å². The predicted molar refractivity (Wildman–Crippen MR) is 152 cm³/mol. The van der Waals surface area contributed by atoms with Gasteiger partial charge in [0.05, 0.1) is 10.6 Å². The van der Waals surface area contributed by atoms with Crippen molar-refractivity contribution in [2.75, 3.05) is 68.7 Å². The molecular weight excluding hydrogens is 496 g/mol. The minimum absolute atomic E-state index is 0.156. The van der Waals surface area contributed by atoms with E-state index in [9.17, 15) is 10.1 Å². The molecule has 0 saturated carbocycles. The van der Waals surface area contributed by atoms with Crippen LogP contribution in [-0.4, -0.2) is 86.7 Å². The maximum absolute atomic E-state index is 13.0. The zero-order valence-electron chi connectivity index (χ0n) is 22.2. The highest BCUT2D eigenvalue weighted by Gasteiger charge is 2.44. The van der Waals surface area contributed by atoms with Crippen molar-refractivity contribution in [3.63, 3.8) is 0 Å². The van der Waals surface area contributed by atoms with Crippen LogP contribution in [-0.2, 0) is 0 Å². The number of carbonyl (C=O) groups excluding carboxylic acids is 1. The van der Waals surface area contributed by atoms with Crippen molar-refractivity contribution in [3.8, 4) is 6.07 Å². The fraction of sp³-hybridized carbons (Fsp3) is 0.533. The highest BCUT2D eigenvalue weighted by molar-refractivity contribution is 6.32. The van der Waals surface area contributed by atoms with Gasteiger partial charge in [0.1, 0.15) is 6.07 Å². The molecule has 4 saturated heterocycles. The quantitative estimate of drug-likeness (QED) is 0.645. The molecule has 1 atom stereocenters. The molecule has 1 unspecified atom stereocenters. The van der Waals surface area contributed by atoms with E-state index >= 15 is 0 Å². The highest BCUT2D eigenvalue weighted by Crippen LogP contribution is 2.46. The number of amides is 1. The van der Waals surface area contributed by atoms with Crippen molar-refractivity contribution < 1.29 is 4.79 Å². The van der Waals surface area contributed by atoms with E-state index in [-0.39, 0.29) is 5.91 Å². The molecule has 1 N–H and O–H groups in total. The summed E-state index contributed by atoms with van der Waals surface area (Å²) >= 11 is 6.33. The minimum Gasteiger partial charge on any atom is -0.371 e. The number of anilines is 2. The second-order valence-electron chi connectivity index (χ2n) is 11.6. The number of nitrogens with one attached hydrogen (secondary N) is 1. The fourth-order valence-corrected chi connectivity index (χ4v) is 7.15. The first-order valence-electron chi connectivity index (χ1n) is 14.0. The van der Waals surface area contributed by atoms with E-state index in [0.717, 1.165) is 83.0 Å². The summed E-state index contributed by atoms with van der Waals surface area (Å²) in [4.78, 5) is 22.4. The smallest absolute Gasteiger partial charge is 0.253 e. The van der Waals surface area contributed by atoms with E-state index < -0.39 is 0 Å². The van der Waals surface area contributed by atoms with Gasteiger partial charge >= 0.3 is 0 Å². The number of benzene rings is 2. The zero-order valence-corrected chi connectivity index (χ0v) is 23.0. The Hall–Kier alpha value is -2.79. The Balaban J connectivity index is 1.03. The molecule has 7 nitrogen and oxygen atoms in total. The Labute approximate surface area is 230 Å². The summed E-state index contributed by atoms with van der Waals surface area (Å²) in [6.07, 6.45) is 3.48. The second kappa shape index (κ2) is 10.4. The van der Waals surface area contributed by atoms with Gasteiger partial charge in [-0.25, -0.2) is 0 Å². The summed E-state index contributed by atoms with van der Waals surface area (Å²) in [6, 6.07) is 17.2. The molecule has 2 aromatic rings. The number of piperidine rings is 1.